The average Bonchev–Trinajstić information content (AvgIpc) is 2.77. The maximum atomic E-state index is 12.8. The Bertz CT molecular complexity index is 751. The molecule has 3 rings (SSSR count). The highest BCUT2D eigenvalue weighted by Gasteiger charge is 2.19. The number of fused-ring (bicyclic) bond motifs is 1. The summed E-state index contributed by atoms with van der Waals surface area (Å²) in [5.41, 5.74) is 2.56. The Labute approximate surface area is 155 Å². The molecule has 0 radical (unpaired) electrons. The summed E-state index contributed by atoms with van der Waals surface area (Å²) in [6, 6.07) is 3.75. The Hall–Kier alpha value is -1.46. The van der Waals surface area contributed by atoms with Crippen LogP contribution < -0.4 is 10.8 Å². The van der Waals surface area contributed by atoms with Crippen molar-refractivity contribution in [2.24, 2.45) is 5.92 Å². The number of aliphatic hydroxyl groups is 1. The van der Waals surface area contributed by atoms with Crippen molar-refractivity contribution in [1.82, 2.24) is 9.88 Å². The van der Waals surface area contributed by atoms with Gasteiger partial charge in [0.05, 0.1) is 12.2 Å². The molecule has 25 heavy (non-hydrogen) atoms. The first-order valence-electron chi connectivity index (χ1n) is 9.28. The Morgan fingerprint density at radius 2 is 2.00 bits per heavy atom. The first-order valence-corrected chi connectivity index (χ1v) is 9.66. The zero-order valence-electron chi connectivity index (χ0n) is 14.9. The number of hydrogen-bond donors (Lipinski definition) is 2. The van der Waals surface area contributed by atoms with E-state index in [1.807, 2.05) is 30.7 Å². The Kier molecular flexibility index (Phi) is 6.08. The number of nitrogens with one attached hydrogen (secondary N) is 1. The Balaban J connectivity index is 1.83. The summed E-state index contributed by atoms with van der Waals surface area (Å²) >= 11 is 6.19. The highest BCUT2D eigenvalue weighted by molar-refractivity contribution is 6.42. The van der Waals surface area contributed by atoms with Gasteiger partial charge in [-0.25, -0.2) is 0 Å². The van der Waals surface area contributed by atoms with E-state index in [9.17, 15) is 9.90 Å². The van der Waals surface area contributed by atoms with E-state index in [0.717, 1.165) is 22.9 Å². The van der Waals surface area contributed by atoms with E-state index in [0.29, 0.717) is 23.0 Å². The lowest BCUT2D eigenvalue weighted by molar-refractivity contribution is 0.0947. The molecule has 1 heterocycles. The minimum Gasteiger partial charge on any atom is -0.395 e. The van der Waals surface area contributed by atoms with Gasteiger partial charge in [-0.3, -0.25) is 4.79 Å². The van der Waals surface area contributed by atoms with Crippen LogP contribution in [0, 0.1) is 5.92 Å². The number of carbonyl (C=O) groups is 1. The van der Waals surface area contributed by atoms with E-state index in [-0.39, 0.29) is 12.5 Å². The number of benzene rings is 1. The zero-order valence-corrected chi connectivity index (χ0v) is 15.6. The maximum absolute atomic E-state index is 12.8. The van der Waals surface area contributed by atoms with Crippen LogP contribution in [0.15, 0.2) is 18.3 Å². The molecule has 1 aliphatic rings. The second kappa shape index (κ2) is 8.28. The van der Waals surface area contributed by atoms with Crippen LogP contribution in [-0.2, 0) is 6.54 Å². The number of hydrogen-bond acceptors (Lipinski definition) is 2. The molecule has 1 aromatic carbocycles. The quantitative estimate of drug-likeness (QED) is 0.635. The maximum Gasteiger partial charge on any atom is 0.253 e. The largest absolute Gasteiger partial charge is 0.395 e. The van der Waals surface area contributed by atoms with Crippen molar-refractivity contribution in [3.63, 3.8) is 0 Å². The fourth-order valence-corrected chi connectivity index (χ4v) is 4.22. The van der Waals surface area contributed by atoms with Crippen LogP contribution in [0.2, 0.25) is 5.02 Å². The van der Waals surface area contributed by atoms with Crippen molar-refractivity contribution in [3.8, 4) is 0 Å². The number of halogens is 1. The van der Waals surface area contributed by atoms with Gasteiger partial charge in [0, 0.05) is 35.2 Å². The lowest BCUT2D eigenvalue weighted by Gasteiger charge is -2.14. The van der Waals surface area contributed by atoms with Crippen molar-refractivity contribution in [1.29, 1.82) is 0 Å². The molecule has 1 fully saturated rings. The third kappa shape index (κ3) is 4.21. The minimum atomic E-state index is -0.0311. The van der Waals surface area contributed by atoms with Gasteiger partial charge in [0.25, 0.3) is 5.91 Å². The predicted molar refractivity (Wildman–Crippen MR) is 106 cm³/mol. The third-order valence-corrected chi connectivity index (χ3v) is 5.47. The van der Waals surface area contributed by atoms with Gasteiger partial charge in [-0.2, -0.15) is 0 Å². The lowest BCUT2D eigenvalue weighted by Crippen LogP contribution is -2.29. The molecule has 134 valence electrons. The zero-order chi connectivity index (χ0) is 17.8. The standard InChI is InChI=1S/C19H26BClN2O2/c20-16-9-14(21)10-17-18(16)15(12-23(17)7-8-24)19(25)22-11-13-5-3-1-2-4-6-13/h9-10,12-13,24H,1-8,11,20H2,(H,22,25). The highest BCUT2D eigenvalue weighted by atomic mass is 35.5. The molecule has 1 amide bonds. The van der Waals surface area contributed by atoms with Gasteiger partial charge in [-0.05, 0) is 30.9 Å². The predicted octanol–water partition coefficient (Wildman–Crippen LogP) is 2.25. The van der Waals surface area contributed by atoms with E-state index in [1.54, 1.807) is 0 Å². The molecule has 0 unspecified atom stereocenters. The normalized spacial score (nSPS) is 16.1. The summed E-state index contributed by atoms with van der Waals surface area (Å²) < 4.78 is 1.91. The molecule has 4 nitrogen and oxygen atoms in total. The molecule has 1 aliphatic carbocycles. The lowest BCUT2D eigenvalue weighted by atomic mass is 9.90. The van der Waals surface area contributed by atoms with Crippen molar-refractivity contribution in [3.05, 3.63) is 28.9 Å². The van der Waals surface area contributed by atoms with Crippen molar-refractivity contribution < 1.29 is 9.90 Å². The molecule has 1 aromatic heterocycles. The van der Waals surface area contributed by atoms with Crippen LogP contribution in [0.25, 0.3) is 10.9 Å². The second-order valence-electron chi connectivity index (χ2n) is 7.14. The number of amides is 1. The molecule has 6 heteroatoms. The summed E-state index contributed by atoms with van der Waals surface area (Å²) in [6.45, 7) is 1.23. The summed E-state index contributed by atoms with van der Waals surface area (Å²) in [6.07, 6.45) is 9.44. The molecule has 2 aromatic rings. The Morgan fingerprint density at radius 1 is 1.28 bits per heavy atom. The number of rotatable bonds is 5. The number of aliphatic hydroxyl groups excluding tert-OH is 1. The molecule has 0 bridgehead atoms. The van der Waals surface area contributed by atoms with E-state index in [2.05, 4.69) is 5.32 Å². The fraction of sp³-hybridized carbons (Fsp3) is 0.526. The molecule has 1 saturated carbocycles. The number of nitrogens with zero attached hydrogens (tertiary/aromatic N) is 1. The molecule has 0 atom stereocenters. The molecular formula is C19H26BClN2O2. The van der Waals surface area contributed by atoms with Crippen LogP contribution in [0.5, 0.6) is 0 Å². The molecule has 0 saturated heterocycles. The van der Waals surface area contributed by atoms with Crippen LogP contribution >= 0.6 is 11.6 Å². The van der Waals surface area contributed by atoms with Crippen molar-refractivity contribution >= 4 is 41.7 Å². The van der Waals surface area contributed by atoms with Crippen LogP contribution in [0.3, 0.4) is 0 Å². The van der Waals surface area contributed by atoms with Gasteiger partial charge in [0.1, 0.15) is 7.85 Å². The van der Waals surface area contributed by atoms with Gasteiger partial charge in [-0.15, -0.1) is 0 Å². The minimum absolute atomic E-state index is 0.0263. The molecular weight excluding hydrogens is 334 g/mol. The van der Waals surface area contributed by atoms with Crippen molar-refractivity contribution in [2.45, 2.75) is 45.1 Å². The van der Waals surface area contributed by atoms with Gasteiger partial charge < -0.3 is 15.0 Å². The Morgan fingerprint density at radius 3 is 2.68 bits per heavy atom. The first kappa shape index (κ1) is 18.3. The van der Waals surface area contributed by atoms with E-state index < -0.39 is 0 Å². The molecule has 2 N–H and O–H groups in total. The topological polar surface area (TPSA) is 54.3 Å². The summed E-state index contributed by atoms with van der Waals surface area (Å²) in [5, 5.41) is 14.0. The van der Waals surface area contributed by atoms with Crippen LogP contribution in [0.4, 0.5) is 0 Å². The molecule has 0 aliphatic heterocycles. The monoisotopic (exact) mass is 360 g/mol. The highest BCUT2D eigenvalue weighted by Crippen LogP contribution is 2.24. The van der Waals surface area contributed by atoms with Gasteiger partial charge in [-0.1, -0.05) is 42.7 Å². The third-order valence-electron chi connectivity index (χ3n) is 5.25. The van der Waals surface area contributed by atoms with Gasteiger partial charge >= 0.3 is 0 Å². The van der Waals surface area contributed by atoms with E-state index in [1.165, 1.54) is 38.5 Å². The van der Waals surface area contributed by atoms with Crippen LogP contribution in [0.1, 0.15) is 48.9 Å². The SMILES string of the molecule is Bc1cc(Cl)cc2c1c(C(=O)NCC1CCCCCC1)cn2CCO. The van der Waals surface area contributed by atoms with E-state index in [4.69, 9.17) is 11.6 Å². The first-order chi connectivity index (χ1) is 12.1. The average molecular weight is 361 g/mol. The summed E-state index contributed by atoms with van der Waals surface area (Å²) in [5.74, 6) is 0.559. The fourth-order valence-electron chi connectivity index (χ4n) is 3.96. The van der Waals surface area contributed by atoms with Crippen LogP contribution in [-0.4, -0.2) is 36.6 Å². The van der Waals surface area contributed by atoms with E-state index >= 15 is 0 Å². The van der Waals surface area contributed by atoms with Gasteiger partial charge in [0.15, 0.2) is 0 Å². The summed E-state index contributed by atoms with van der Waals surface area (Å²) in [4.78, 5) is 12.8. The number of carbonyl (C=O) groups excluding carboxylic acids is 1. The second-order valence-corrected chi connectivity index (χ2v) is 7.58. The summed E-state index contributed by atoms with van der Waals surface area (Å²) in [7, 11) is 1.97. The van der Waals surface area contributed by atoms with Crippen molar-refractivity contribution in [2.75, 3.05) is 13.2 Å². The number of aromatic nitrogens is 1. The van der Waals surface area contributed by atoms with Gasteiger partial charge in [0.2, 0.25) is 0 Å². The smallest absolute Gasteiger partial charge is 0.253 e. The molecule has 0 spiro atoms.